The van der Waals surface area contributed by atoms with Crippen LogP contribution in [0.1, 0.15) is 0 Å². The molecule has 8 heavy (non-hydrogen) atoms. The minimum absolute atomic E-state index is 0. The number of hydrogen-bond acceptors (Lipinski definition) is 4. The Morgan fingerprint density at radius 1 is 0.625 bits per heavy atom. The summed E-state index contributed by atoms with van der Waals surface area (Å²) in [5.41, 5.74) is 0. The molecule has 0 N–H and O–H groups in total. The minimum atomic E-state index is -5.61. The van der Waals surface area contributed by atoms with Crippen LogP contribution in [0.5, 0.6) is 0 Å². The van der Waals surface area contributed by atoms with Crippen molar-refractivity contribution in [2.24, 2.45) is 0 Å². The van der Waals surface area contributed by atoms with Gasteiger partial charge in [0, 0.05) is 0 Å². The van der Waals surface area contributed by atoms with Crippen LogP contribution in [-0.2, 0) is 0 Å². The molecule has 0 heterocycles. The van der Waals surface area contributed by atoms with Crippen molar-refractivity contribution in [3.05, 3.63) is 0 Å². The fourth-order valence-electron chi connectivity index (χ4n) is 0. The topological polar surface area (TPSA) is 92.2 Å². The summed E-state index contributed by atoms with van der Waals surface area (Å²) < 4.78 is 0. The van der Waals surface area contributed by atoms with Gasteiger partial charge in [-0.2, -0.15) is 0 Å². The van der Waals surface area contributed by atoms with E-state index in [1.165, 1.54) is 0 Å². The van der Waals surface area contributed by atoms with Crippen molar-refractivity contribution in [2.75, 3.05) is 0 Å². The van der Waals surface area contributed by atoms with Crippen LogP contribution in [0.25, 0.3) is 0 Å². The summed E-state index contributed by atoms with van der Waals surface area (Å²) in [5.74, 6) is 0. The molecule has 0 aliphatic heterocycles. The molecular formula is O4SiSr3+2. The Labute approximate surface area is 160 Å². The maximum absolute atomic E-state index is 8.58. The van der Waals surface area contributed by atoms with Crippen molar-refractivity contribution in [2.45, 2.75) is 0 Å². The molecule has 0 aliphatic carbocycles. The van der Waals surface area contributed by atoms with Crippen LogP contribution in [0.4, 0.5) is 0 Å². The van der Waals surface area contributed by atoms with E-state index in [9.17, 15) is 0 Å². The Morgan fingerprint density at radius 3 is 0.625 bits per heavy atom. The van der Waals surface area contributed by atoms with Crippen LogP contribution < -0.4 is 19.2 Å². The first-order chi connectivity index (χ1) is 2.00. The van der Waals surface area contributed by atoms with Gasteiger partial charge in [-0.05, 0) is 0 Å². The first-order valence-corrected chi connectivity index (χ1v) is 2.45. The van der Waals surface area contributed by atoms with Crippen molar-refractivity contribution in [3.8, 4) is 0 Å². The molecule has 0 fully saturated rings. The molecule has 32 valence electrons. The van der Waals surface area contributed by atoms with E-state index in [4.69, 9.17) is 19.2 Å². The molecule has 0 atom stereocenters. The maximum Gasteiger partial charge on any atom is 2.00 e. The molecular weight excluding hydrogens is 355 g/mol. The maximum atomic E-state index is 8.58. The van der Waals surface area contributed by atoms with E-state index in [1.54, 1.807) is 0 Å². The fourth-order valence-corrected chi connectivity index (χ4v) is 0. The Hall–Kier alpha value is 4.50. The predicted octanol–water partition coefficient (Wildman–Crippen LogP) is -6.28. The second-order valence-corrected chi connectivity index (χ2v) is 1.50. The Morgan fingerprint density at radius 2 is 0.625 bits per heavy atom. The summed E-state index contributed by atoms with van der Waals surface area (Å²) >= 11 is 0. The number of rotatable bonds is 0. The van der Waals surface area contributed by atoms with Gasteiger partial charge in [-0.25, -0.2) is 0 Å². The fraction of sp³-hybridized carbons (Fsp3) is 0. The van der Waals surface area contributed by atoms with E-state index in [0.29, 0.717) is 0 Å². The van der Waals surface area contributed by atoms with Gasteiger partial charge in [-0.15, -0.1) is 0 Å². The Kier molecular flexibility index (Phi) is 32.9. The van der Waals surface area contributed by atoms with E-state index in [1.807, 2.05) is 0 Å². The van der Waals surface area contributed by atoms with E-state index in [0.717, 1.165) is 0 Å². The summed E-state index contributed by atoms with van der Waals surface area (Å²) in [7, 11) is -5.61. The van der Waals surface area contributed by atoms with E-state index < -0.39 is 9.05 Å². The van der Waals surface area contributed by atoms with Crippen LogP contribution in [0.15, 0.2) is 0 Å². The van der Waals surface area contributed by atoms with E-state index >= 15 is 0 Å². The van der Waals surface area contributed by atoms with Gasteiger partial charge in [0.05, 0.1) is 0 Å². The molecule has 0 aliphatic rings. The molecule has 0 radical (unpaired) electrons. The summed E-state index contributed by atoms with van der Waals surface area (Å²) in [6.07, 6.45) is 0. The molecule has 8 heteroatoms. The summed E-state index contributed by atoms with van der Waals surface area (Å²) in [6, 6.07) is 0. The van der Waals surface area contributed by atoms with Crippen molar-refractivity contribution in [3.63, 3.8) is 0 Å². The second-order valence-electron chi connectivity index (χ2n) is 0.500. The molecule has 0 unspecified atom stereocenters. The van der Waals surface area contributed by atoms with Crippen molar-refractivity contribution in [1.29, 1.82) is 0 Å². The monoisotopic (exact) mass is 356 g/mol. The average molecular weight is 355 g/mol. The van der Waals surface area contributed by atoms with Gasteiger partial charge in [0.1, 0.15) is 0 Å². The first-order valence-electron chi connectivity index (χ1n) is 0.816. The first kappa shape index (κ1) is 22.9. The predicted molar refractivity (Wildman–Crippen MR) is 23.0 cm³/mol. The van der Waals surface area contributed by atoms with Crippen LogP contribution in [0.2, 0.25) is 0 Å². The zero-order valence-corrected chi connectivity index (χ0v) is 15.7. The van der Waals surface area contributed by atoms with E-state index in [-0.39, 0.29) is 136 Å². The summed E-state index contributed by atoms with van der Waals surface area (Å²) in [6.45, 7) is 0. The minimum Gasteiger partial charge on any atom is -0.894 e. The molecule has 0 aromatic rings. The molecule has 4 nitrogen and oxygen atoms in total. The SMILES string of the molecule is [O-][Si]([O-])([O-])[O-].[Sr+2].[Sr+2].[Sr+2]. The van der Waals surface area contributed by atoms with Gasteiger partial charge < -0.3 is 28.2 Å². The summed E-state index contributed by atoms with van der Waals surface area (Å²) in [4.78, 5) is 34.3. The van der Waals surface area contributed by atoms with Gasteiger partial charge in [0.25, 0.3) is 0 Å². The van der Waals surface area contributed by atoms with E-state index in [2.05, 4.69) is 0 Å². The second kappa shape index (κ2) is 11.5. The Bertz CT molecular complexity index is 26.8. The van der Waals surface area contributed by atoms with Gasteiger partial charge >= 0.3 is 136 Å². The van der Waals surface area contributed by atoms with Crippen LogP contribution >= 0.6 is 0 Å². The quantitative estimate of drug-likeness (QED) is 0.405. The largest absolute Gasteiger partial charge is 2.00 e. The van der Waals surface area contributed by atoms with Gasteiger partial charge in [0.15, 0.2) is 0 Å². The third-order valence-corrected chi connectivity index (χ3v) is 0. The van der Waals surface area contributed by atoms with Gasteiger partial charge in [-0.1, -0.05) is 0 Å². The molecule has 0 saturated heterocycles. The molecule has 0 rings (SSSR count). The molecule has 0 bridgehead atoms. The zero-order valence-electron chi connectivity index (χ0n) is 4.25. The Balaban J connectivity index is -0.0000000267. The molecule has 0 aromatic carbocycles. The van der Waals surface area contributed by atoms with Gasteiger partial charge in [-0.3, -0.25) is 0 Å². The van der Waals surface area contributed by atoms with Crippen LogP contribution in [-0.4, -0.2) is 145 Å². The standard InChI is InChI=1S/O4Si.3Sr/c1-5(2,3)4;;;/q-4;3*+2. The van der Waals surface area contributed by atoms with Gasteiger partial charge in [0.2, 0.25) is 0 Å². The normalized spacial score (nSPS) is 7.50. The van der Waals surface area contributed by atoms with Crippen LogP contribution in [0.3, 0.4) is 0 Å². The molecule has 0 saturated carbocycles. The van der Waals surface area contributed by atoms with Crippen molar-refractivity contribution in [1.82, 2.24) is 0 Å². The molecule has 0 spiro atoms. The summed E-state index contributed by atoms with van der Waals surface area (Å²) in [5, 5.41) is 0. The van der Waals surface area contributed by atoms with Crippen LogP contribution in [0, 0.1) is 0 Å². The third-order valence-electron chi connectivity index (χ3n) is 0. The van der Waals surface area contributed by atoms with Crippen molar-refractivity contribution < 1.29 is 19.2 Å². The zero-order chi connectivity index (χ0) is 4.50. The average Bonchev–Trinajstić information content (AvgIpc) is 0.722. The number of hydrogen-bond donors (Lipinski definition) is 0. The molecule has 0 amide bonds. The molecule has 0 aromatic heterocycles. The van der Waals surface area contributed by atoms with Crippen molar-refractivity contribution >= 4 is 145 Å². The third kappa shape index (κ3) is 46.8. The smallest absolute Gasteiger partial charge is 0.894 e.